The van der Waals surface area contributed by atoms with E-state index in [4.69, 9.17) is 33.1 Å². The molecule has 0 aliphatic carbocycles. The lowest BCUT2D eigenvalue weighted by molar-refractivity contribution is -0.107. The van der Waals surface area contributed by atoms with Crippen LogP contribution in [0.25, 0.3) is 0 Å². The van der Waals surface area contributed by atoms with E-state index in [-0.39, 0.29) is 0 Å². The van der Waals surface area contributed by atoms with Crippen molar-refractivity contribution in [1.29, 1.82) is 0 Å². The highest BCUT2D eigenvalue weighted by Crippen LogP contribution is 2.27. The fourth-order valence-electron chi connectivity index (χ4n) is 2.62. The summed E-state index contributed by atoms with van der Waals surface area (Å²) < 4.78 is 0. The quantitative estimate of drug-likeness (QED) is 0.697. The van der Waals surface area contributed by atoms with Crippen LogP contribution in [-0.2, 0) is 11.2 Å². The molecule has 1 fully saturated rings. The van der Waals surface area contributed by atoms with Crippen LogP contribution < -0.4 is 10.6 Å². The summed E-state index contributed by atoms with van der Waals surface area (Å²) in [5.41, 5.74) is 6.42. The van der Waals surface area contributed by atoms with E-state index in [9.17, 15) is 4.79 Å². The summed E-state index contributed by atoms with van der Waals surface area (Å²) in [7, 11) is 2.15. The van der Waals surface area contributed by atoms with Gasteiger partial charge in [-0.05, 0) is 37.2 Å². The first-order chi connectivity index (χ1) is 13.8. The molecular weight excluding hydrogens is 413 g/mol. The lowest BCUT2D eigenvalue weighted by Crippen LogP contribution is -2.44. The van der Waals surface area contributed by atoms with Crippen molar-refractivity contribution >= 4 is 41.3 Å². The minimum Gasteiger partial charge on any atom is -0.465 e. The summed E-state index contributed by atoms with van der Waals surface area (Å²) in [6.07, 6.45) is 1.11. The Balaban J connectivity index is 0.000000259. The number of nitrogens with zero attached hydrogens (tertiary/aromatic N) is 2. The normalized spacial score (nSPS) is 13.4. The van der Waals surface area contributed by atoms with Gasteiger partial charge in [0.15, 0.2) is 0 Å². The Bertz CT molecular complexity index is 748. The van der Waals surface area contributed by atoms with Gasteiger partial charge in [-0.15, -0.1) is 0 Å². The second kappa shape index (κ2) is 13.8. The number of halogens is 2. The number of aldehydes is 1. The summed E-state index contributed by atoms with van der Waals surface area (Å²) >= 11 is 11.9. The fraction of sp³-hybridized carbons (Fsp3) is 0.333. The van der Waals surface area contributed by atoms with Crippen molar-refractivity contribution in [3.05, 3.63) is 64.1 Å². The molecule has 3 rings (SSSR count). The molecule has 6 nitrogen and oxygen atoms in total. The third kappa shape index (κ3) is 10.7. The predicted octanol–water partition coefficient (Wildman–Crippen LogP) is 4.19. The molecule has 0 saturated carbocycles. The number of carbonyl (C=O) groups excluding carboxylic acids is 1. The van der Waals surface area contributed by atoms with Crippen LogP contribution in [0, 0.1) is 0 Å². The number of hydrogen-bond donors (Lipinski definition) is 2. The Hall–Kier alpha value is -2.28. The van der Waals surface area contributed by atoms with Gasteiger partial charge in [0.1, 0.15) is 6.29 Å². The van der Waals surface area contributed by atoms with Crippen LogP contribution in [0.5, 0.6) is 0 Å². The van der Waals surface area contributed by atoms with E-state index in [1.54, 1.807) is 0 Å². The molecule has 1 aliphatic heterocycles. The maximum atomic E-state index is 9.98. The Kier molecular flexibility index (Phi) is 11.8. The van der Waals surface area contributed by atoms with Gasteiger partial charge in [-0.1, -0.05) is 53.5 Å². The third-order valence-electron chi connectivity index (χ3n) is 4.17. The van der Waals surface area contributed by atoms with Crippen LogP contribution in [-0.4, -0.2) is 55.6 Å². The Morgan fingerprint density at radius 2 is 1.66 bits per heavy atom. The van der Waals surface area contributed by atoms with E-state index in [2.05, 4.69) is 22.6 Å². The number of amides is 1. The van der Waals surface area contributed by atoms with Crippen LogP contribution in [0.15, 0.2) is 48.5 Å². The Morgan fingerprint density at radius 1 is 1.07 bits per heavy atom. The van der Waals surface area contributed by atoms with Crippen molar-refractivity contribution in [2.75, 3.05) is 38.1 Å². The van der Waals surface area contributed by atoms with Crippen molar-refractivity contribution in [3.63, 3.8) is 0 Å². The summed E-state index contributed by atoms with van der Waals surface area (Å²) in [4.78, 5) is 23.4. The number of piperazine rings is 1. The van der Waals surface area contributed by atoms with E-state index in [0.717, 1.165) is 44.6 Å². The average molecular weight is 440 g/mol. The second-order valence-corrected chi connectivity index (χ2v) is 7.23. The molecule has 0 bridgehead atoms. The van der Waals surface area contributed by atoms with Crippen LogP contribution in [0.2, 0.25) is 10.0 Å². The maximum absolute atomic E-state index is 9.98. The maximum Gasteiger partial charge on any atom is 0.402 e. The highest BCUT2D eigenvalue weighted by atomic mass is 35.5. The number of carbonyl (C=O) groups is 2. The van der Waals surface area contributed by atoms with Gasteiger partial charge in [0.25, 0.3) is 0 Å². The number of carboxylic acid groups (broad SMARTS) is 1. The minimum atomic E-state index is -1.33. The SMILES string of the molecule is CN1CCN(c2ccc(Cl)c(Cl)c2)CC1.NC(=O)O.O=CCCc1ccccc1. The number of anilines is 1. The minimum absolute atomic E-state index is 0.620. The van der Waals surface area contributed by atoms with Gasteiger partial charge >= 0.3 is 6.09 Å². The van der Waals surface area contributed by atoms with Crippen molar-refractivity contribution in [2.24, 2.45) is 5.73 Å². The monoisotopic (exact) mass is 439 g/mol. The van der Waals surface area contributed by atoms with E-state index >= 15 is 0 Å². The highest BCUT2D eigenvalue weighted by molar-refractivity contribution is 6.42. The first-order valence-corrected chi connectivity index (χ1v) is 9.93. The van der Waals surface area contributed by atoms with Gasteiger partial charge in [-0.2, -0.15) is 0 Å². The first-order valence-electron chi connectivity index (χ1n) is 9.18. The van der Waals surface area contributed by atoms with Crippen LogP contribution in [0.3, 0.4) is 0 Å². The average Bonchev–Trinajstić information content (AvgIpc) is 2.70. The summed E-state index contributed by atoms with van der Waals surface area (Å²) in [5.74, 6) is 0. The topological polar surface area (TPSA) is 86.9 Å². The zero-order valence-electron chi connectivity index (χ0n) is 16.4. The number of likely N-dealkylation sites (N-methyl/N-ethyl adjacent to an activating group) is 1. The summed E-state index contributed by atoms with van der Waals surface area (Å²) in [5, 5.41) is 8.45. The lowest BCUT2D eigenvalue weighted by Gasteiger charge is -2.34. The smallest absolute Gasteiger partial charge is 0.402 e. The molecule has 0 radical (unpaired) electrons. The fourth-order valence-corrected chi connectivity index (χ4v) is 2.91. The molecular formula is C21H27Cl2N3O3. The zero-order chi connectivity index (χ0) is 21.6. The van der Waals surface area contributed by atoms with Crippen molar-refractivity contribution in [1.82, 2.24) is 4.90 Å². The van der Waals surface area contributed by atoms with Gasteiger partial charge in [0.05, 0.1) is 10.0 Å². The molecule has 0 spiro atoms. The number of benzene rings is 2. The van der Waals surface area contributed by atoms with Gasteiger partial charge in [0, 0.05) is 38.3 Å². The number of nitrogens with two attached hydrogens (primary N) is 1. The first kappa shape index (κ1) is 24.8. The predicted molar refractivity (Wildman–Crippen MR) is 119 cm³/mol. The van der Waals surface area contributed by atoms with Crippen molar-refractivity contribution in [3.8, 4) is 0 Å². The summed E-state index contributed by atoms with van der Waals surface area (Å²) in [6, 6.07) is 15.8. The molecule has 0 atom stereocenters. The highest BCUT2D eigenvalue weighted by Gasteiger charge is 2.14. The van der Waals surface area contributed by atoms with E-state index in [1.807, 2.05) is 48.5 Å². The zero-order valence-corrected chi connectivity index (χ0v) is 17.9. The van der Waals surface area contributed by atoms with Crippen molar-refractivity contribution in [2.45, 2.75) is 12.8 Å². The molecule has 8 heteroatoms. The molecule has 0 aromatic heterocycles. The molecule has 2 aromatic carbocycles. The van der Waals surface area contributed by atoms with E-state index < -0.39 is 6.09 Å². The molecule has 2 aromatic rings. The molecule has 1 saturated heterocycles. The Morgan fingerprint density at radius 3 is 2.17 bits per heavy atom. The molecule has 3 N–H and O–H groups in total. The standard InChI is InChI=1S/C11H14Cl2N2.C9H10O.CH3NO2/c1-14-4-6-15(7-5-14)9-2-3-10(12)11(13)8-9;10-8-4-7-9-5-2-1-3-6-9;2-1(3)4/h2-3,8H,4-7H2,1H3;1-3,5-6,8H,4,7H2;2H2,(H,3,4). The molecule has 158 valence electrons. The molecule has 0 unspecified atom stereocenters. The van der Waals surface area contributed by atoms with E-state index in [0.29, 0.717) is 16.5 Å². The molecule has 1 amide bonds. The Labute approximate surface area is 181 Å². The second-order valence-electron chi connectivity index (χ2n) is 6.42. The van der Waals surface area contributed by atoms with Crippen molar-refractivity contribution < 1.29 is 14.7 Å². The number of primary amides is 1. The van der Waals surface area contributed by atoms with Gasteiger partial charge < -0.3 is 25.4 Å². The van der Waals surface area contributed by atoms with Crippen LogP contribution in [0.4, 0.5) is 10.5 Å². The van der Waals surface area contributed by atoms with Crippen LogP contribution in [0.1, 0.15) is 12.0 Å². The number of hydrogen-bond acceptors (Lipinski definition) is 4. The lowest BCUT2D eigenvalue weighted by atomic mass is 10.1. The number of aryl methyl sites for hydroxylation is 1. The van der Waals surface area contributed by atoms with Gasteiger partial charge in [0.2, 0.25) is 0 Å². The third-order valence-corrected chi connectivity index (χ3v) is 4.90. The van der Waals surface area contributed by atoms with E-state index in [1.165, 1.54) is 5.56 Å². The molecule has 1 heterocycles. The van der Waals surface area contributed by atoms with Crippen LogP contribution >= 0.6 is 23.2 Å². The number of rotatable bonds is 4. The molecule has 1 aliphatic rings. The molecule has 29 heavy (non-hydrogen) atoms. The van der Waals surface area contributed by atoms with Gasteiger partial charge in [-0.25, -0.2) is 4.79 Å². The van der Waals surface area contributed by atoms with Gasteiger partial charge in [-0.3, -0.25) is 0 Å². The summed E-state index contributed by atoms with van der Waals surface area (Å²) in [6.45, 7) is 4.30. The largest absolute Gasteiger partial charge is 0.465 e.